The first kappa shape index (κ1) is 10.5. The summed E-state index contributed by atoms with van der Waals surface area (Å²) in [4.78, 5) is 0. The molecule has 0 saturated heterocycles. The molecule has 1 rings (SSSR count). The number of hydrogen-bond acceptors (Lipinski definition) is 2. The molecular formula is C10H13BrO2. The topological polar surface area (TPSA) is 18.5 Å². The highest BCUT2D eigenvalue weighted by molar-refractivity contribution is 9.09. The monoisotopic (exact) mass is 244 g/mol. The fourth-order valence-corrected chi connectivity index (χ4v) is 1.21. The fourth-order valence-electron chi connectivity index (χ4n) is 1.05. The molecule has 72 valence electrons. The molecule has 0 atom stereocenters. The molecule has 0 bridgehead atoms. The number of methoxy groups -OCH3 is 1. The largest absolute Gasteiger partial charge is 0.493 e. The molecule has 1 aromatic carbocycles. The van der Waals surface area contributed by atoms with Crippen LogP contribution in [0.5, 0.6) is 5.75 Å². The molecule has 0 N–H and O–H groups in total. The van der Waals surface area contributed by atoms with Gasteiger partial charge in [-0.3, -0.25) is 0 Å². The van der Waals surface area contributed by atoms with E-state index >= 15 is 0 Å². The van der Waals surface area contributed by atoms with E-state index in [1.54, 1.807) is 7.11 Å². The van der Waals surface area contributed by atoms with Crippen molar-refractivity contribution in [3.05, 3.63) is 29.8 Å². The van der Waals surface area contributed by atoms with Crippen molar-refractivity contribution in [1.29, 1.82) is 0 Å². The van der Waals surface area contributed by atoms with Gasteiger partial charge in [-0.1, -0.05) is 28.1 Å². The molecule has 2 nitrogen and oxygen atoms in total. The van der Waals surface area contributed by atoms with Crippen LogP contribution in [0.15, 0.2) is 24.3 Å². The number of benzene rings is 1. The second-order valence-corrected chi connectivity index (χ2v) is 3.41. The van der Waals surface area contributed by atoms with Gasteiger partial charge >= 0.3 is 0 Å². The molecule has 13 heavy (non-hydrogen) atoms. The van der Waals surface area contributed by atoms with Gasteiger partial charge in [-0.25, -0.2) is 0 Å². The lowest BCUT2D eigenvalue weighted by Crippen LogP contribution is -1.98. The first-order chi connectivity index (χ1) is 6.36. The highest BCUT2D eigenvalue weighted by Gasteiger charge is 1.95. The molecule has 0 unspecified atom stereocenters. The summed E-state index contributed by atoms with van der Waals surface area (Å²) >= 11 is 3.31. The summed E-state index contributed by atoms with van der Waals surface area (Å²) in [5.74, 6) is 0.897. The SMILES string of the molecule is COCc1cccc(OCCBr)c1. The molecule has 0 heterocycles. The Bertz CT molecular complexity index is 250. The molecule has 0 aliphatic carbocycles. The summed E-state index contributed by atoms with van der Waals surface area (Å²) in [6, 6.07) is 7.93. The molecule has 0 fully saturated rings. The minimum Gasteiger partial charge on any atom is -0.493 e. The first-order valence-corrected chi connectivity index (χ1v) is 5.25. The van der Waals surface area contributed by atoms with E-state index in [1.165, 1.54) is 0 Å². The van der Waals surface area contributed by atoms with Crippen molar-refractivity contribution in [2.45, 2.75) is 6.61 Å². The van der Waals surface area contributed by atoms with E-state index in [9.17, 15) is 0 Å². The van der Waals surface area contributed by atoms with Crippen molar-refractivity contribution in [2.75, 3.05) is 19.0 Å². The van der Waals surface area contributed by atoms with Gasteiger partial charge in [0.25, 0.3) is 0 Å². The Morgan fingerprint density at radius 2 is 2.23 bits per heavy atom. The van der Waals surface area contributed by atoms with E-state index in [0.29, 0.717) is 13.2 Å². The molecule has 0 amide bonds. The average molecular weight is 245 g/mol. The van der Waals surface area contributed by atoms with Gasteiger partial charge in [0.05, 0.1) is 13.2 Å². The third kappa shape index (κ3) is 3.79. The summed E-state index contributed by atoms with van der Waals surface area (Å²) in [5.41, 5.74) is 1.13. The van der Waals surface area contributed by atoms with Gasteiger partial charge in [0.2, 0.25) is 0 Å². The first-order valence-electron chi connectivity index (χ1n) is 4.13. The van der Waals surface area contributed by atoms with Gasteiger partial charge in [0.15, 0.2) is 0 Å². The third-order valence-corrected chi connectivity index (χ3v) is 1.88. The molecule has 0 aliphatic rings. The van der Waals surface area contributed by atoms with Crippen LogP contribution in [-0.4, -0.2) is 19.0 Å². The van der Waals surface area contributed by atoms with E-state index in [4.69, 9.17) is 9.47 Å². The smallest absolute Gasteiger partial charge is 0.119 e. The second kappa shape index (κ2) is 6.00. The zero-order valence-electron chi connectivity index (χ0n) is 7.63. The standard InChI is InChI=1S/C10H13BrO2/c1-12-8-9-3-2-4-10(7-9)13-6-5-11/h2-4,7H,5-6,8H2,1H3. The quantitative estimate of drug-likeness (QED) is 0.742. The van der Waals surface area contributed by atoms with Crippen LogP contribution in [-0.2, 0) is 11.3 Å². The molecular weight excluding hydrogens is 232 g/mol. The van der Waals surface area contributed by atoms with Gasteiger partial charge in [-0.2, -0.15) is 0 Å². The minimum atomic E-state index is 0.630. The maximum Gasteiger partial charge on any atom is 0.119 e. The van der Waals surface area contributed by atoms with Crippen LogP contribution in [0.4, 0.5) is 0 Å². The summed E-state index contributed by atoms with van der Waals surface area (Å²) in [5, 5.41) is 0.849. The zero-order valence-corrected chi connectivity index (χ0v) is 9.21. The van der Waals surface area contributed by atoms with Gasteiger partial charge in [-0.15, -0.1) is 0 Å². The van der Waals surface area contributed by atoms with E-state index in [0.717, 1.165) is 16.6 Å². The van der Waals surface area contributed by atoms with Crippen molar-refractivity contribution in [3.8, 4) is 5.75 Å². The van der Waals surface area contributed by atoms with Crippen molar-refractivity contribution in [2.24, 2.45) is 0 Å². The van der Waals surface area contributed by atoms with Gasteiger partial charge in [-0.05, 0) is 17.7 Å². The lowest BCUT2D eigenvalue weighted by molar-refractivity contribution is 0.184. The van der Waals surface area contributed by atoms with Crippen molar-refractivity contribution in [3.63, 3.8) is 0 Å². The van der Waals surface area contributed by atoms with E-state index in [2.05, 4.69) is 15.9 Å². The van der Waals surface area contributed by atoms with Crippen molar-refractivity contribution >= 4 is 15.9 Å². The minimum absolute atomic E-state index is 0.630. The Hall–Kier alpha value is -0.540. The summed E-state index contributed by atoms with van der Waals surface area (Å²) < 4.78 is 10.5. The zero-order chi connectivity index (χ0) is 9.52. The predicted octanol–water partition coefficient (Wildman–Crippen LogP) is 2.61. The summed E-state index contributed by atoms with van der Waals surface area (Å²) in [6.45, 7) is 1.32. The number of rotatable bonds is 5. The van der Waals surface area contributed by atoms with Crippen LogP contribution >= 0.6 is 15.9 Å². The third-order valence-electron chi connectivity index (χ3n) is 1.56. The van der Waals surface area contributed by atoms with Gasteiger partial charge in [0.1, 0.15) is 5.75 Å². The number of ether oxygens (including phenoxy) is 2. The Kier molecular flexibility index (Phi) is 4.86. The molecule has 3 heteroatoms. The Balaban J connectivity index is 2.56. The van der Waals surface area contributed by atoms with Crippen LogP contribution in [0, 0.1) is 0 Å². The Morgan fingerprint density at radius 3 is 2.92 bits per heavy atom. The summed E-state index contributed by atoms with van der Waals surface area (Å²) in [7, 11) is 1.69. The molecule has 1 aromatic rings. The highest BCUT2D eigenvalue weighted by Crippen LogP contribution is 2.13. The predicted molar refractivity (Wildman–Crippen MR) is 56.4 cm³/mol. The summed E-state index contributed by atoms with van der Waals surface area (Å²) in [6.07, 6.45) is 0. The molecule has 0 aliphatic heterocycles. The van der Waals surface area contributed by atoms with Crippen LogP contribution in [0.1, 0.15) is 5.56 Å². The molecule has 0 radical (unpaired) electrons. The van der Waals surface area contributed by atoms with Gasteiger partial charge in [0, 0.05) is 12.4 Å². The highest BCUT2D eigenvalue weighted by atomic mass is 79.9. The normalized spacial score (nSPS) is 10.0. The van der Waals surface area contributed by atoms with Gasteiger partial charge < -0.3 is 9.47 Å². The van der Waals surface area contributed by atoms with E-state index in [-0.39, 0.29) is 0 Å². The number of halogens is 1. The Labute approximate surface area is 87.0 Å². The van der Waals surface area contributed by atoms with Crippen LogP contribution in [0.2, 0.25) is 0 Å². The van der Waals surface area contributed by atoms with E-state index < -0.39 is 0 Å². The maximum atomic E-state index is 5.44. The fraction of sp³-hybridized carbons (Fsp3) is 0.400. The van der Waals surface area contributed by atoms with E-state index in [1.807, 2.05) is 24.3 Å². The maximum absolute atomic E-state index is 5.44. The molecule has 0 saturated carbocycles. The van der Waals surface area contributed by atoms with Crippen LogP contribution in [0.25, 0.3) is 0 Å². The van der Waals surface area contributed by atoms with Crippen molar-refractivity contribution < 1.29 is 9.47 Å². The number of hydrogen-bond donors (Lipinski definition) is 0. The van der Waals surface area contributed by atoms with Crippen LogP contribution in [0.3, 0.4) is 0 Å². The lowest BCUT2D eigenvalue weighted by Gasteiger charge is -2.05. The van der Waals surface area contributed by atoms with Crippen LogP contribution < -0.4 is 4.74 Å². The average Bonchev–Trinajstić information content (AvgIpc) is 2.16. The Morgan fingerprint density at radius 1 is 1.38 bits per heavy atom. The lowest BCUT2D eigenvalue weighted by atomic mass is 10.2. The van der Waals surface area contributed by atoms with Crippen molar-refractivity contribution in [1.82, 2.24) is 0 Å². The second-order valence-electron chi connectivity index (χ2n) is 2.62. The molecule has 0 spiro atoms. The number of alkyl halides is 1. The molecule has 0 aromatic heterocycles.